The van der Waals surface area contributed by atoms with Crippen molar-refractivity contribution >= 4 is 35.7 Å². The first-order valence-electron chi connectivity index (χ1n) is 11.2. The molecular weight excluding hydrogens is 442 g/mol. The number of amides is 3. The molecule has 0 atom stereocenters. The van der Waals surface area contributed by atoms with Crippen molar-refractivity contribution in [1.29, 1.82) is 0 Å². The number of hydrogen-bond acceptors (Lipinski definition) is 4. The zero-order chi connectivity index (χ0) is 24.9. The zero-order valence-corrected chi connectivity index (χ0v) is 20.5. The minimum atomic E-state index is -1.23. The molecule has 0 aliphatic carbocycles. The quantitative estimate of drug-likeness (QED) is 0.594. The van der Waals surface area contributed by atoms with Gasteiger partial charge in [0.2, 0.25) is 12.3 Å². The first-order chi connectivity index (χ1) is 16.0. The molecule has 7 nitrogen and oxygen atoms in total. The normalized spacial score (nSPS) is 13.9. The predicted molar refractivity (Wildman–Crippen MR) is 132 cm³/mol. The van der Waals surface area contributed by atoms with E-state index in [-0.39, 0.29) is 32.5 Å². The maximum absolute atomic E-state index is 12.4. The SMILES string of the molecule is CC.CC.NC(=O)C1(N(C=O)c2cccc(Cl)c2)CCN(C(=O)OCc2ccccc2)CC1. The van der Waals surface area contributed by atoms with Crippen LogP contribution in [0.3, 0.4) is 0 Å². The molecule has 0 bridgehead atoms. The first-order valence-corrected chi connectivity index (χ1v) is 11.6. The van der Waals surface area contributed by atoms with E-state index in [2.05, 4.69) is 0 Å². The van der Waals surface area contributed by atoms with Crippen molar-refractivity contribution < 1.29 is 19.1 Å². The highest BCUT2D eigenvalue weighted by atomic mass is 35.5. The smallest absolute Gasteiger partial charge is 0.410 e. The number of rotatable bonds is 6. The number of primary amides is 1. The lowest BCUT2D eigenvalue weighted by molar-refractivity contribution is -0.127. The second-order valence-corrected chi connectivity index (χ2v) is 7.31. The van der Waals surface area contributed by atoms with Gasteiger partial charge in [0.05, 0.1) is 0 Å². The molecule has 0 spiro atoms. The Hall–Kier alpha value is -3.06. The van der Waals surface area contributed by atoms with Gasteiger partial charge in [0.25, 0.3) is 0 Å². The van der Waals surface area contributed by atoms with Crippen molar-refractivity contribution in [2.45, 2.75) is 52.7 Å². The Morgan fingerprint density at radius 2 is 1.67 bits per heavy atom. The molecule has 0 radical (unpaired) electrons. The second kappa shape index (κ2) is 14.2. The molecule has 2 N–H and O–H groups in total. The lowest BCUT2D eigenvalue weighted by Crippen LogP contribution is -2.63. The average molecular weight is 476 g/mol. The third-order valence-corrected chi connectivity index (χ3v) is 5.40. The van der Waals surface area contributed by atoms with Crippen molar-refractivity contribution in [3.05, 3.63) is 65.2 Å². The summed E-state index contributed by atoms with van der Waals surface area (Å²) in [5.41, 5.74) is 5.83. The van der Waals surface area contributed by atoms with Gasteiger partial charge < -0.3 is 15.4 Å². The number of anilines is 1. The van der Waals surface area contributed by atoms with Crippen LogP contribution >= 0.6 is 11.6 Å². The monoisotopic (exact) mass is 475 g/mol. The van der Waals surface area contributed by atoms with Gasteiger partial charge in [-0.3, -0.25) is 14.5 Å². The maximum atomic E-state index is 12.4. The lowest BCUT2D eigenvalue weighted by Gasteiger charge is -2.44. The van der Waals surface area contributed by atoms with Gasteiger partial charge in [-0.05, 0) is 36.6 Å². The topological polar surface area (TPSA) is 92.9 Å². The molecule has 180 valence electrons. The van der Waals surface area contributed by atoms with E-state index >= 15 is 0 Å². The Bertz CT molecular complexity index is 884. The van der Waals surface area contributed by atoms with E-state index < -0.39 is 17.5 Å². The summed E-state index contributed by atoms with van der Waals surface area (Å²) in [5.74, 6) is -0.623. The van der Waals surface area contributed by atoms with Gasteiger partial charge in [-0.2, -0.15) is 0 Å². The van der Waals surface area contributed by atoms with E-state index in [4.69, 9.17) is 22.1 Å². The number of ether oxygens (including phenoxy) is 1. The molecule has 1 aliphatic heterocycles. The van der Waals surface area contributed by atoms with Crippen molar-refractivity contribution in [1.82, 2.24) is 4.90 Å². The van der Waals surface area contributed by atoms with E-state index in [9.17, 15) is 14.4 Å². The molecule has 0 saturated carbocycles. The number of hydrogen-bond donors (Lipinski definition) is 1. The van der Waals surface area contributed by atoms with Gasteiger partial charge >= 0.3 is 6.09 Å². The fourth-order valence-electron chi connectivity index (χ4n) is 3.51. The van der Waals surface area contributed by atoms with Gasteiger partial charge in [-0.1, -0.05) is 75.7 Å². The van der Waals surface area contributed by atoms with Crippen LogP contribution in [0.5, 0.6) is 0 Å². The van der Waals surface area contributed by atoms with Gasteiger partial charge in [-0.25, -0.2) is 4.79 Å². The largest absolute Gasteiger partial charge is 0.445 e. The molecule has 3 amide bonds. The van der Waals surface area contributed by atoms with Crippen LogP contribution in [0.2, 0.25) is 5.02 Å². The van der Waals surface area contributed by atoms with Crippen LogP contribution in [0, 0.1) is 0 Å². The van der Waals surface area contributed by atoms with E-state index in [1.54, 1.807) is 24.3 Å². The molecule has 1 aliphatic rings. The highest BCUT2D eigenvalue weighted by molar-refractivity contribution is 6.30. The lowest BCUT2D eigenvalue weighted by atomic mass is 9.84. The standard InChI is InChI=1S/C21H22ClN3O4.2C2H6/c22-17-7-4-8-18(13-17)25(15-26)21(19(23)27)9-11-24(12-10-21)20(28)29-14-16-5-2-1-3-6-16;2*1-2/h1-8,13,15H,9-12,14H2,(H2,23,27);2*1-2H3. The predicted octanol–water partition coefficient (Wildman–Crippen LogP) is 5.01. The molecule has 1 fully saturated rings. The van der Waals surface area contributed by atoms with Crippen LogP contribution in [0.4, 0.5) is 10.5 Å². The van der Waals surface area contributed by atoms with Gasteiger partial charge in [0, 0.05) is 23.8 Å². The van der Waals surface area contributed by atoms with Gasteiger partial charge in [0.15, 0.2) is 0 Å². The number of benzene rings is 2. The maximum Gasteiger partial charge on any atom is 0.410 e. The summed E-state index contributed by atoms with van der Waals surface area (Å²) in [6.07, 6.45) is 0.523. The number of carbonyl (C=O) groups excluding carboxylic acids is 3. The zero-order valence-electron chi connectivity index (χ0n) is 19.8. The van der Waals surface area contributed by atoms with Gasteiger partial charge in [0.1, 0.15) is 12.1 Å². The number of nitrogens with two attached hydrogens (primary N) is 1. The highest BCUT2D eigenvalue weighted by Gasteiger charge is 2.46. The van der Waals surface area contributed by atoms with E-state index in [0.717, 1.165) is 5.56 Å². The molecular formula is C25H34ClN3O4. The Balaban J connectivity index is 0.00000129. The Labute approximate surface area is 201 Å². The van der Waals surface area contributed by atoms with E-state index in [0.29, 0.717) is 17.1 Å². The summed E-state index contributed by atoms with van der Waals surface area (Å²) in [5, 5.41) is 0.441. The average Bonchev–Trinajstić information content (AvgIpc) is 2.86. The number of nitrogens with zero attached hydrogens (tertiary/aromatic N) is 2. The first kappa shape index (κ1) is 28.0. The summed E-state index contributed by atoms with van der Waals surface area (Å²) in [6, 6.07) is 16.0. The Morgan fingerprint density at radius 3 is 2.18 bits per heavy atom. The Kier molecular flexibility index (Phi) is 12.0. The molecule has 3 rings (SSSR count). The van der Waals surface area contributed by atoms with Crippen LogP contribution in [-0.2, 0) is 20.9 Å². The second-order valence-electron chi connectivity index (χ2n) is 6.88. The molecule has 0 aromatic heterocycles. The van der Waals surface area contributed by atoms with E-state index in [1.165, 1.54) is 9.80 Å². The molecule has 2 aromatic rings. The highest BCUT2D eigenvalue weighted by Crippen LogP contribution is 2.33. The molecule has 33 heavy (non-hydrogen) atoms. The molecule has 2 aromatic carbocycles. The molecule has 1 saturated heterocycles. The summed E-state index contributed by atoms with van der Waals surface area (Å²) in [6.45, 7) is 8.64. The third kappa shape index (κ3) is 7.22. The summed E-state index contributed by atoms with van der Waals surface area (Å²) >= 11 is 6.03. The number of halogens is 1. The number of piperidine rings is 1. The third-order valence-electron chi connectivity index (χ3n) is 5.17. The van der Waals surface area contributed by atoms with E-state index in [1.807, 2.05) is 58.0 Å². The van der Waals surface area contributed by atoms with Crippen LogP contribution < -0.4 is 10.6 Å². The summed E-state index contributed by atoms with van der Waals surface area (Å²) in [4.78, 5) is 39.5. The number of likely N-dealkylation sites (tertiary alicyclic amines) is 1. The molecule has 0 unspecified atom stereocenters. The van der Waals surface area contributed by atoms with Crippen LogP contribution in [0.25, 0.3) is 0 Å². The van der Waals surface area contributed by atoms with Crippen LogP contribution in [0.15, 0.2) is 54.6 Å². The van der Waals surface area contributed by atoms with Gasteiger partial charge in [-0.15, -0.1) is 0 Å². The summed E-state index contributed by atoms with van der Waals surface area (Å²) < 4.78 is 5.35. The minimum Gasteiger partial charge on any atom is -0.445 e. The fraction of sp³-hybridized carbons (Fsp3) is 0.400. The fourth-order valence-corrected chi connectivity index (χ4v) is 3.70. The van der Waals surface area contributed by atoms with Crippen LogP contribution in [0.1, 0.15) is 46.1 Å². The molecule has 1 heterocycles. The van der Waals surface area contributed by atoms with Crippen molar-refractivity contribution in [3.8, 4) is 0 Å². The van der Waals surface area contributed by atoms with Crippen LogP contribution in [-0.4, -0.2) is 41.9 Å². The van der Waals surface area contributed by atoms with Crippen molar-refractivity contribution in [3.63, 3.8) is 0 Å². The number of carbonyl (C=O) groups is 3. The Morgan fingerprint density at radius 1 is 1.06 bits per heavy atom. The van der Waals surface area contributed by atoms with Crippen molar-refractivity contribution in [2.75, 3.05) is 18.0 Å². The van der Waals surface area contributed by atoms with Crippen molar-refractivity contribution in [2.24, 2.45) is 5.73 Å². The minimum absolute atomic E-state index is 0.167. The summed E-state index contributed by atoms with van der Waals surface area (Å²) in [7, 11) is 0. The molecule has 8 heteroatoms.